The summed E-state index contributed by atoms with van der Waals surface area (Å²) in [4.78, 5) is 11.1. The molecule has 1 N–H and O–H groups in total. The molecule has 6 nitrogen and oxygen atoms in total. The van der Waals surface area contributed by atoms with Crippen LogP contribution in [-0.4, -0.2) is 39.1 Å². The first-order valence-electron chi connectivity index (χ1n) is 9.43. The molecule has 0 spiro atoms. The van der Waals surface area contributed by atoms with Crippen molar-refractivity contribution in [3.63, 3.8) is 0 Å². The monoisotopic (exact) mass is 469 g/mol. The van der Waals surface area contributed by atoms with E-state index in [4.69, 9.17) is 16.3 Å². The third kappa shape index (κ3) is 5.86. The predicted molar refractivity (Wildman–Crippen MR) is 124 cm³/mol. The molecule has 3 heterocycles. The molecule has 9 heteroatoms. The Morgan fingerprint density at radius 1 is 1.23 bits per heavy atom. The first kappa shape index (κ1) is 24.4. The van der Waals surface area contributed by atoms with Crippen LogP contribution in [0.3, 0.4) is 0 Å². The molecule has 1 atom stereocenters. The number of ether oxygens (including phenoxy) is 1. The quantitative estimate of drug-likeness (QED) is 0.589. The fraction of sp³-hybridized carbons (Fsp3) is 0.333. The van der Waals surface area contributed by atoms with E-state index in [1.807, 2.05) is 56.0 Å². The molecule has 1 aliphatic heterocycles. The fourth-order valence-corrected chi connectivity index (χ4v) is 3.76. The van der Waals surface area contributed by atoms with Crippen LogP contribution in [0.15, 0.2) is 55.1 Å². The summed E-state index contributed by atoms with van der Waals surface area (Å²) in [6, 6.07) is 9.95. The zero-order valence-electron chi connectivity index (χ0n) is 16.7. The number of aryl methyl sites for hydroxylation is 1. The van der Waals surface area contributed by atoms with Gasteiger partial charge >= 0.3 is 0 Å². The van der Waals surface area contributed by atoms with Crippen LogP contribution >= 0.6 is 36.4 Å². The average Bonchev–Trinajstić information content (AvgIpc) is 3.14. The van der Waals surface area contributed by atoms with Crippen LogP contribution in [0.2, 0.25) is 5.02 Å². The van der Waals surface area contributed by atoms with Crippen molar-refractivity contribution < 1.29 is 4.74 Å². The Balaban J connectivity index is 0.00000160. The highest BCUT2D eigenvalue weighted by Crippen LogP contribution is 2.29. The molecule has 0 radical (unpaired) electrons. The molecule has 30 heavy (non-hydrogen) atoms. The molecule has 0 bridgehead atoms. The minimum atomic E-state index is 0. The van der Waals surface area contributed by atoms with Crippen LogP contribution in [0.5, 0.6) is 5.75 Å². The molecular weight excluding hydrogens is 445 g/mol. The minimum Gasteiger partial charge on any atom is -0.489 e. The number of halogens is 3. The second-order valence-corrected chi connectivity index (χ2v) is 7.43. The number of hydrogen-bond acceptors (Lipinski definition) is 5. The molecule has 162 valence electrons. The first-order chi connectivity index (χ1) is 13.7. The smallest absolute Gasteiger partial charge is 0.127 e. The third-order valence-corrected chi connectivity index (χ3v) is 5.26. The molecule has 1 saturated heterocycles. The number of nitrogens with one attached hydrogen (secondary N) is 1. The molecule has 0 aliphatic carbocycles. The van der Waals surface area contributed by atoms with E-state index in [0.717, 1.165) is 48.9 Å². The van der Waals surface area contributed by atoms with Gasteiger partial charge in [0.1, 0.15) is 18.2 Å². The number of benzene rings is 1. The van der Waals surface area contributed by atoms with Crippen molar-refractivity contribution in [3.8, 4) is 5.75 Å². The van der Waals surface area contributed by atoms with Crippen molar-refractivity contribution in [2.75, 3.05) is 19.6 Å². The van der Waals surface area contributed by atoms with E-state index in [1.54, 1.807) is 6.20 Å². The molecule has 0 saturated carbocycles. The maximum atomic E-state index is 6.30. The lowest BCUT2D eigenvalue weighted by Crippen LogP contribution is -2.46. The second-order valence-electron chi connectivity index (χ2n) is 6.99. The van der Waals surface area contributed by atoms with Gasteiger partial charge in [-0.05, 0) is 24.3 Å². The summed E-state index contributed by atoms with van der Waals surface area (Å²) in [6.45, 7) is 3.99. The Labute approximate surface area is 194 Å². The second kappa shape index (κ2) is 11.5. The predicted octanol–water partition coefficient (Wildman–Crippen LogP) is 4.04. The van der Waals surface area contributed by atoms with Crippen molar-refractivity contribution in [3.05, 3.63) is 77.1 Å². The maximum absolute atomic E-state index is 6.30. The summed E-state index contributed by atoms with van der Waals surface area (Å²) in [5.41, 5.74) is 2.12. The highest BCUT2D eigenvalue weighted by molar-refractivity contribution is 6.30. The van der Waals surface area contributed by atoms with Crippen LogP contribution in [-0.2, 0) is 20.2 Å². The summed E-state index contributed by atoms with van der Waals surface area (Å²) >= 11 is 6.30. The summed E-state index contributed by atoms with van der Waals surface area (Å²) in [5.74, 6) is 1.91. The lowest BCUT2D eigenvalue weighted by molar-refractivity contribution is 0.142. The molecule has 4 rings (SSSR count). The summed E-state index contributed by atoms with van der Waals surface area (Å²) < 4.78 is 8.19. The van der Waals surface area contributed by atoms with Gasteiger partial charge < -0.3 is 14.6 Å². The minimum absolute atomic E-state index is 0. The van der Waals surface area contributed by atoms with Crippen molar-refractivity contribution >= 4 is 36.4 Å². The number of nitrogens with zero attached hydrogens (tertiary/aromatic N) is 4. The molecule has 3 aromatic rings. The van der Waals surface area contributed by atoms with Crippen LogP contribution in [0.25, 0.3) is 0 Å². The largest absolute Gasteiger partial charge is 0.489 e. The van der Waals surface area contributed by atoms with Gasteiger partial charge in [-0.1, -0.05) is 17.7 Å². The Kier molecular flexibility index (Phi) is 9.39. The van der Waals surface area contributed by atoms with Gasteiger partial charge in [0, 0.05) is 74.2 Å². The van der Waals surface area contributed by atoms with E-state index in [-0.39, 0.29) is 30.9 Å². The molecule has 1 unspecified atom stereocenters. The summed E-state index contributed by atoms with van der Waals surface area (Å²) in [6.07, 6.45) is 7.43. The normalized spacial score (nSPS) is 16.4. The van der Waals surface area contributed by atoms with Gasteiger partial charge in [0.15, 0.2) is 0 Å². The SMILES string of the molecule is Cl.Cl.Cn1ccnc1C1CNCCN1Cc1cc(Cl)ccc1OCc1cccnc1. The molecule has 2 aromatic heterocycles. The van der Waals surface area contributed by atoms with Crippen molar-refractivity contribution in [1.82, 2.24) is 24.8 Å². The number of aromatic nitrogens is 3. The van der Waals surface area contributed by atoms with Crippen molar-refractivity contribution in [1.29, 1.82) is 0 Å². The molecule has 0 amide bonds. The molecular formula is C21H26Cl3N5O. The first-order valence-corrected chi connectivity index (χ1v) is 9.80. The van der Waals surface area contributed by atoms with Crippen LogP contribution in [0.1, 0.15) is 23.0 Å². The topological polar surface area (TPSA) is 55.2 Å². The van der Waals surface area contributed by atoms with Crippen molar-refractivity contribution in [2.24, 2.45) is 7.05 Å². The zero-order valence-corrected chi connectivity index (χ0v) is 19.1. The van der Waals surface area contributed by atoms with Gasteiger partial charge in [-0.2, -0.15) is 0 Å². The van der Waals surface area contributed by atoms with Crippen molar-refractivity contribution in [2.45, 2.75) is 19.2 Å². The van der Waals surface area contributed by atoms with Gasteiger partial charge in [-0.3, -0.25) is 9.88 Å². The van der Waals surface area contributed by atoms with E-state index >= 15 is 0 Å². The van der Waals surface area contributed by atoms with Crippen LogP contribution in [0, 0.1) is 0 Å². The number of piperazine rings is 1. The van der Waals surface area contributed by atoms with Gasteiger partial charge in [-0.25, -0.2) is 4.98 Å². The van der Waals surface area contributed by atoms with E-state index in [0.29, 0.717) is 11.6 Å². The van der Waals surface area contributed by atoms with Crippen LogP contribution < -0.4 is 10.1 Å². The van der Waals surface area contributed by atoms with E-state index in [9.17, 15) is 0 Å². The number of rotatable bonds is 6. The fourth-order valence-electron chi connectivity index (χ4n) is 3.56. The van der Waals surface area contributed by atoms with E-state index in [1.165, 1.54) is 0 Å². The molecule has 1 aromatic carbocycles. The Morgan fingerprint density at radius 3 is 2.83 bits per heavy atom. The van der Waals surface area contributed by atoms with E-state index < -0.39 is 0 Å². The Hall–Kier alpha value is -1.83. The Morgan fingerprint density at radius 2 is 2.10 bits per heavy atom. The van der Waals surface area contributed by atoms with E-state index in [2.05, 4.69) is 24.8 Å². The standard InChI is InChI=1S/C21H24ClN5O.2ClH/c1-26-9-8-25-21(26)19-13-24-7-10-27(19)14-17-11-18(22)4-5-20(17)28-15-16-3-2-6-23-12-16;;/h2-6,8-9,11-12,19,24H,7,10,13-15H2,1H3;2*1H. The summed E-state index contributed by atoms with van der Waals surface area (Å²) in [7, 11) is 2.04. The highest BCUT2D eigenvalue weighted by atomic mass is 35.5. The number of hydrogen-bond donors (Lipinski definition) is 1. The lowest BCUT2D eigenvalue weighted by atomic mass is 10.1. The van der Waals surface area contributed by atoms with Gasteiger partial charge in [0.25, 0.3) is 0 Å². The Bertz CT molecular complexity index is 922. The number of pyridine rings is 1. The lowest BCUT2D eigenvalue weighted by Gasteiger charge is -2.36. The van der Waals surface area contributed by atoms with Gasteiger partial charge in [0.05, 0.1) is 6.04 Å². The van der Waals surface area contributed by atoms with Gasteiger partial charge in [0.2, 0.25) is 0 Å². The average molecular weight is 471 g/mol. The highest BCUT2D eigenvalue weighted by Gasteiger charge is 2.27. The third-order valence-electron chi connectivity index (χ3n) is 5.02. The van der Waals surface area contributed by atoms with Crippen LogP contribution in [0.4, 0.5) is 0 Å². The number of imidazole rings is 1. The van der Waals surface area contributed by atoms with Gasteiger partial charge in [-0.15, -0.1) is 24.8 Å². The zero-order chi connectivity index (χ0) is 19.3. The molecule has 1 fully saturated rings. The maximum Gasteiger partial charge on any atom is 0.127 e. The summed E-state index contributed by atoms with van der Waals surface area (Å²) in [5, 5.41) is 4.19. The molecule has 1 aliphatic rings.